The van der Waals surface area contributed by atoms with Crippen LogP contribution in [-0.4, -0.2) is 63.1 Å². The van der Waals surface area contributed by atoms with Crippen LogP contribution in [0.15, 0.2) is 54.6 Å². The lowest BCUT2D eigenvalue weighted by atomic mass is 9.73. The van der Waals surface area contributed by atoms with Gasteiger partial charge in [0.15, 0.2) is 0 Å². The smallest absolute Gasteiger partial charge is 0.279 e. The lowest BCUT2D eigenvalue weighted by molar-refractivity contribution is 0.0929. The van der Waals surface area contributed by atoms with Gasteiger partial charge in [-0.3, -0.25) is 4.79 Å². The highest BCUT2D eigenvalue weighted by Crippen LogP contribution is 2.36. The Bertz CT molecular complexity index is 1020. The number of rotatable bonds is 10. The van der Waals surface area contributed by atoms with Crippen LogP contribution in [0.4, 0.5) is 0 Å². The molecule has 0 saturated carbocycles. The molecule has 2 aromatic rings. The summed E-state index contributed by atoms with van der Waals surface area (Å²) >= 11 is 0. The van der Waals surface area contributed by atoms with Crippen molar-refractivity contribution in [1.82, 2.24) is 14.3 Å². The zero-order valence-electron chi connectivity index (χ0n) is 19.2. The number of ether oxygens (including phenoxy) is 1. The quantitative estimate of drug-likeness (QED) is 0.488. The molecule has 1 atom stereocenters. The summed E-state index contributed by atoms with van der Waals surface area (Å²) in [7, 11) is -2.17. The van der Waals surface area contributed by atoms with E-state index in [9.17, 15) is 18.3 Å². The van der Waals surface area contributed by atoms with Crippen molar-refractivity contribution in [2.75, 3.05) is 33.4 Å². The second kappa shape index (κ2) is 11.1. The summed E-state index contributed by atoms with van der Waals surface area (Å²) in [6, 6.07) is 16.5. The number of para-hydroxylation sites is 1. The van der Waals surface area contributed by atoms with Crippen LogP contribution >= 0.6 is 0 Å². The Morgan fingerprint density at radius 3 is 2.36 bits per heavy atom. The van der Waals surface area contributed by atoms with Crippen molar-refractivity contribution in [1.29, 1.82) is 0 Å². The maximum Gasteiger partial charge on any atom is 0.279 e. The van der Waals surface area contributed by atoms with Gasteiger partial charge in [-0.15, -0.1) is 0 Å². The van der Waals surface area contributed by atoms with Crippen molar-refractivity contribution in [3.05, 3.63) is 65.7 Å². The molecule has 0 aromatic heterocycles. The van der Waals surface area contributed by atoms with Crippen LogP contribution in [0.5, 0.6) is 5.75 Å². The Morgan fingerprint density at radius 1 is 1.12 bits per heavy atom. The van der Waals surface area contributed by atoms with Crippen molar-refractivity contribution in [2.24, 2.45) is 0 Å². The fourth-order valence-corrected chi connectivity index (χ4v) is 5.70. The highest BCUT2D eigenvalue weighted by Gasteiger charge is 2.40. The minimum Gasteiger partial charge on any atom is -0.496 e. The Labute approximate surface area is 196 Å². The molecule has 180 valence electrons. The summed E-state index contributed by atoms with van der Waals surface area (Å²) in [6.07, 6.45) is 1.62. The van der Waals surface area contributed by atoms with E-state index in [1.54, 1.807) is 18.2 Å². The van der Waals surface area contributed by atoms with Gasteiger partial charge in [0, 0.05) is 31.1 Å². The third-order valence-corrected chi connectivity index (χ3v) is 8.05. The number of piperidine rings is 1. The molecule has 2 aromatic carbocycles. The third-order valence-electron chi connectivity index (χ3n) is 6.37. The van der Waals surface area contributed by atoms with Crippen LogP contribution in [0.25, 0.3) is 0 Å². The number of nitrogens with one attached hydrogen (secondary N) is 2. The second-order valence-electron chi connectivity index (χ2n) is 8.34. The molecule has 0 bridgehead atoms. The number of benzene rings is 2. The van der Waals surface area contributed by atoms with Gasteiger partial charge in [-0.2, -0.15) is 17.4 Å². The molecule has 9 heteroatoms. The SMILES string of the molecule is CC[C@@H](CO)NS(=O)(=O)N1CCC(CNC(=O)c2ccccc2OC)(c2ccccc2)CC1. The first kappa shape index (κ1) is 25.2. The molecule has 1 saturated heterocycles. The molecule has 0 aliphatic carbocycles. The van der Waals surface area contributed by atoms with Crippen LogP contribution in [0.3, 0.4) is 0 Å². The molecule has 0 spiro atoms. The van der Waals surface area contributed by atoms with E-state index in [0.29, 0.717) is 50.2 Å². The van der Waals surface area contributed by atoms with Crippen molar-refractivity contribution in [3.63, 3.8) is 0 Å². The summed E-state index contributed by atoms with van der Waals surface area (Å²) in [5, 5.41) is 12.4. The van der Waals surface area contributed by atoms with E-state index >= 15 is 0 Å². The third kappa shape index (κ3) is 5.92. The second-order valence-corrected chi connectivity index (χ2v) is 10.0. The predicted molar refractivity (Wildman–Crippen MR) is 127 cm³/mol. The first-order valence-electron chi connectivity index (χ1n) is 11.2. The number of hydrogen-bond acceptors (Lipinski definition) is 5. The fourth-order valence-electron chi connectivity index (χ4n) is 4.23. The molecule has 1 amide bonds. The standard InChI is InChI=1S/C24H33N3O5S/c1-3-20(17-28)26-33(30,31)27-15-13-24(14-16-27,19-9-5-4-6-10-19)18-25-23(29)21-11-7-8-12-22(21)32-2/h4-12,20,26,28H,3,13-18H2,1-2H3,(H,25,29)/t20-/m0/s1. The number of aliphatic hydroxyl groups excluding tert-OH is 1. The van der Waals surface area contributed by atoms with Crippen LogP contribution in [0.1, 0.15) is 42.1 Å². The topological polar surface area (TPSA) is 108 Å². The largest absolute Gasteiger partial charge is 0.496 e. The van der Waals surface area contributed by atoms with E-state index in [1.807, 2.05) is 43.3 Å². The maximum absolute atomic E-state index is 12.9. The normalized spacial score (nSPS) is 17.3. The Hall–Kier alpha value is -2.46. The zero-order valence-corrected chi connectivity index (χ0v) is 20.0. The molecule has 1 fully saturated rings. The number of amides is 1. The lowest BCUT2D eigenvalue weighted by Crippen LogP contribution is -2.54. The molecular formula is C24H33N3O5S. The van der Waals surface area contributed by atoms with E-state index < -0.39 is 21.7 Å². The molecular weight excluding hydrogens is 442 g/mol. The number of methoxy groups -OCH3 is 1. The highest BCUT2D eigenvalue weighted by atomic mass is 32.2. The Morgan fingerprint density at radius 2 is 1.76 bits per heavy atom. The average Bonchev–Trinajstić information content (AvgIpc) is 2.86. The van der Waals surface area contributed by atoms with Crippen LogP contribution in [0, 0.1) is 0 Å². The average molecular weight is 476 g/mol. The van der Waals surface area contributed by atoms with Gasteiger partial charge in [-0.25, -0.2) is 0 Å². The molecule has 3 rings (SSSR count). The van der Waals surface area contributed by atoms with Crippen molar-refractivity contribution in [3.8, 4) is 5.75 Å². The predicted octanol–water partition coefficient (Wildman–Crippen LogP) is 2.06. The first-order valence-corrected chi connectivity index (χ1v) is 12.6. The van der Waals surface area contributed by atoms with E-state index in [1.165, 1.54) is 11.4 Å². The first-order chi connectivity index (χ1) is 15.8. The van der Waals surface area contributed by atoms with Gasteiger partial charge < -0.3 is 15.2 Å². The lowest BCUT2D eigenvalue weighted by Gasteiger charge is -2.42. The van der Waals surface area contributed by atoms with Gasteiger partial charge in [0.05, 0.1) is 19.3 Å². The molecule has 0 radical (unpaired) electrons. The van der Waals surface area contributed by atoms with Crippen molar-refractivity contribution >= 4 is 16.1 Å². The van der Waals surface area contributed by atoms with Gasteiger partial charge in [0.2, 0.25) is 0 Å². The van der Waals surface area contributed by atoms with E-state index in [0.717, 1.165) is 5.56 Å². The van der Waals surface area contributed by atoms with Crippen molar-refractivity contribution < 1.29 is 23.1 Å². The molecule has 3 N–H and O–H groups in total. The van der Waals surface area contributed by atoms with E-state index in [-0.39, 0.29) is 12.5 Å². The zero-order chi connectivity index (χ0) is 23.9. The van der Waals surface area contributed by atoms with Gasteiger partial charge >= 0.3 is 0 Å². The van der Waals surface area contributed by atoms with Crippen LogP contribution < -0.4 is 14.8 Å². The monoisotopic (exact) mass is 475 g/mol. The Kier molecular flexibility index (Phi) is 8.47. The summed E-state index contributed by atoms with van der Waals surface area (Å²) in [5.41, 5.74) is 1.13. The minimum atomic E-state index is -3.70. The maximum atomic E-state index is 12.9. The van der Waals surface area contributed by atoms with E-state index in [2.05, 4.69) is 10.0 Å². The molecule has 1 heterocycles. The summed E-state index contributed by atoms with van der Waals surface area (Å²) in [5.74, 6) is 0.276. The van der Waals surface area contributed by atoms with Gasteiger partial charge in [-0.05, 0) is 37.0 Å². The summed E-state index contributed by atoms with van der Waals surface area (Å²) in [6.45, 7) is 2.59. The molecule has 1 aliphatic heterocycles. The summed E-state index contributed by atoms with van der Waals surface area (Å²) < 4.78 is 34.9. The number of nitrogens with zero attached hydrogens (tertiary/aromatic N) is 1. The number of carbonyl (C=O) groups excluding carboxylic acids is 1. The van der Waals surface area contributed by atoms with Gasteiger partial charge in [0.25, 0.3) is 16.1 Å². The number of aliphatic hydroxyl groups is 1. The van der Waals surface area contributed by atoms with Crippen molar-refractivity contribution in [2.45, 2.75) is 37.6 Å². The van der Waals surface area contributed by atoms with Crippen LogP contribution in [-0.2, 0) is 15.6 Å². The molecule has 8 nitrogen and oxygen atoms in total. The van der Waals surface area contributed by atoms with Gasteiger partial charge in [-0.1, -0.05) is 49.4 Å². The highest BCUT2D eigenvalue weighted by molar-refractivity contribution is 7.87. The Balaban J connectivity index is 1.76. The minimum absolute atomic E-state index is 0.229. The fraction of sp³-hybridized carbons (Fsp3) is 0.458. The summed E-state index contributed by atoms with van der Waals surface area (Å²) in [4.78, 5) is 12.9. The number of carbonyl (C=O) groups is 1. The number of hydrogen-bond donors (Lipinski definition) is 3. The molecule has 1 aliphatic rings. The van der Waals surface area contributed by atoms with Crippen LogP contribution in [0.2, 0.25) is 0 Å². The van der Waals surface area contributed by atoms with E-state index in [4.69, 9.17) is 4.74 Å². The molecule has 33 heavy (non-hydrogen) atoms. The molecule has 0 unspecified atom stereocenters. The van der Waals surface area contributed by atoms with Gasteiger partial charge in [0.1, 0.15) is 5.75 Å².